The van der Waals surface area contributed by atoms with Crippen molar-refractivity contribution < 1.29 is 19.1 Å². The molecule has 2 aliphatic heterocycles. The number of rotatable bonds is 6. The van der Waals surface area contributed by atoms with Crippen molar-refractivity contribution >= 4 is 57.7 Å². The normalized spacial score (nSPS) is 22.9. The van der Waals surface area contributed by atoms with Gasteiger partial charge in [0.25, 0.3) is 0 Å². The van der Waals surface area contributed by atoms with E-state index >= 15 is 0 Å². The van der Waals surface area contributed by atoms with Crippen LogP contribution in [0.5, 0.6) is 0 Å². The highest BCUT2D eigenvalue weighted by Gasteiger charge is 2.60. The summed E-state index contributed by atoms with van der Waals surface area (Å²) in [6, 6.07) is 18.8. The zero-order valence-electron chi connectivity index (χ0n) is 21.3. The van der Waals surface area contributed by atoms with Gasteiger partial charge >= 0.3 is 0 Å². The zero-order chi connectivity index (χ0) is 28.0. The number of benzene rings is 3. The van der Waals surface area contributed by atoms with E-state index in [9.17, 15) is 19.1 Å². The topological polar surface area (TPSA) is 76.6 Å². The number of hydrogen-bond donors (Lipinski definition) is 2. The molecule has 1 aromatic heterocycles. The first-order valence-corrected chi connectivity index (χ1v) is 14.5. The number of thioether (sulfide) groups is 1. The number of fused-ring (bicyclic) bond motifs is 1. The van der Waals surface area contributed by atoms with Crippen LogP contribution in [0.25, 0.3) is 10.9 Å². The molecule has 2 fully saturated rings. The lowest BCUT2D eigenvalue weighted by Crippen LogP contribution is -2.49. The lowest BCUT2D eigenvalue weighted by atomic mass is 9.90. The van der Waals surface area contributed by atoms with Gasteiger partial charge in [-0.2, -0.15) is 0 Å². The molecule has 4 aromatic rings. The Morgan fingerprint density at radius 2 is 1.93 bits per heavy atom. The fourth-order valence-corrected chi connectivity index (χ4v) is 7.60. The number of β-amino-alcohol motifs (C(OH)–C–C–N with tert-alkyl or cyclic N) is 1. The third kappa shape index (κ3) is 4.87. The second-order valence-electron chi connectivity index (χ2n) is 10.3. The van der Waals surface area contributed by atoms with Crippen LogP contribution in [0, 0.1) is 5.82 Å². The minimum Gasteiger partial charge on any atom is -0.391 e. The Bertz CT molecular complexity index is 1600. The third-order valence-corrected chi connectivity index (χ3v) is 9.61. The van der Waals surface area contributed by atoms with Gasteiger partial charge in [0.1, 0.15) is 10.6 Å². The van der Waals surface area contributed by atoms with E-state index in [-0.39, 0.29) is 36.3 Å². The molecule has 6 rings (SSSR count). The summed E-state index contributed by atoms with van der Waals surface area (Å²) < 4.78 is 13.2. The summed E-state index contributed by atoms with van der Waals surface area (Å²) in [6.45, 7) is 0.706. The van der Waals surface area contributed by atoms with Crippen LogP contribution in [0.4, 0.5) is 4.39 Å². The number of aromatic amines is 1. The van der Waals surface area contributed by atoms with Crippen molar-refractivity contribution in [1.29, 1.82) is 0 Å². The smallest absolute Gasteiger partial charge is 0.242 e. The SMILES string of the molecule is O=C1CC(Sc2ccccc2)(C(=O)N2CCC(O)C2)C(c2c[nH]c3cc(Cl)ccc23)N1Cc1ccc(Cl)c(F)c1. The van der Waals surface area contributed by atoms with E-state index in [1.54, 1.807) is 28.0 Å². The Labute approximate surface area is 245 Å². The minimum absolute atomic E-state index is 0.00157. The van der Waals surface area contributed by atoms with Gasteiger partial charge in [-0.3, -0.25) is 9.59 Å². The van der Waals surface area contributed by atoms with Crippen LogP contribution in [0.2, 0.25) is 10.0 Å². The second-order valence-corrected chi connectivity index (χ2v) is 12.5. The van der Waals surface area contributed by atoms with Gasteiger partial charge in [-0.05, 0) is 48.4 Å². The number of amides is 2. The largest absolute Gasteiger partial charge is 0.391 e. The molecule has 2 amide bonds. The summed E-state index contributed by atoms with van der Waals surface area (Å²) in [7, 11) is 0. The Kier molecular flexibility index (Phi) is 7.29. The van der Waals surface area contributed by atoms with Gasteiger partial charge in [0, 0.05) is 52.2 Å². The van der Waals surface area contributed by atoms with Crippen LogP contribution in [0.15, 0.2) is 77.8 Å². The molecular weight excluding hydrogens is 572 g/mol. The van der Waals surface area contributed by atoms with Gasteiger partial charge in [0.2, 0.25) is 11.8 Å². The number of halogens is 3. The number of aromatic nitrogens is 1. The molecule has 206 valence electrons. The van der Waals surface area contributed by atoms with Crippen molar-refractivity contribution in [3.05, 3.63) is 99.9 Å². The predicted octanol–water partition coefficient (Wildman–Crippen LogP) is 6.21. The van der Waals surface area contributed by atoms with Crippen LogP contribution in [-0.2, 0) is 16.1 Å². The van der Waals surface area contributed by atoms with Gasteiger partial charge in [-0.15, -0.1) is 11.8 Å². The molecule has 3 aromatic carbocycles. The van der Waals surface area contributed by atoms with Crippen molar-refractivity contribution in [2.24, 2.45) is 0 Å². The van der Waals surface area contributed by atoms with Crippen molar-refractivity contribution in [2.45, 2.75) is 41.2 Å². The fourth-order valence-electron chi connectivity index (χ4n) is 5.82. The predicted molar refractivity (Wildman–Crippen MR) is 155 cm³/mol. The van der Waals surface area contributed by atoms with Crippen LogP contribution >= 0.6 is 35.0 Å². The molecule has 2 N–H and O–H groups in total. The summed E-state index contributed by atoms with van der Waals surface area (Å²) >= 11 is 13.6. The van der Waals surface area contributed by atoms with E-state index in [0.29, 0.717) is 23.6 Å². The van der Waals surface area contributed by atoms with Crippen LogP contribution < -0.4 is 0 Å². The average molecular weight is 599 g/mol. The molecule has 10 heteroatoms. The number of hydrogen-bond acceptors (Lipinski definition) is 4. The lowest BCUT2D eigenvalue weighted by molar-refractivity contribution is -0.134. The first-order valence-electron chi connectivity index (χ1n) is 13.0. The van der Waals surface area contributed by atoms with Crippen LogP contribution in [-0.4, -0.2) is 55.6 Å². The van der Waals surface area contributed by atoms with Crippen molar-refractivity contribution in [2.75, 3.05) is 13.1 Å². The molecule has 40 heavy (non-hydrogen) atoms. The molecule has 3 unspecified atom stereocenters. The minimum atomic E-state index is -1.25. The van der Waals surface area contributed by atoms with E-state index < -0.39 is 22.7 Å². The summed E-state index contributed by atoms with van der Waals surface area (Å²) in [5.41, 5.74) is 2.11. The number of carbonyl (C=O) groups is 2. The van der Waals surface area contributed by atoms with Crippen molar-refractivity contribution in [1.82, 2.24) is 14.8 Å². The van der Waals surface area contributed by atoms with Gasteiger partial charge in [0.15, 0.2) is 0 Å². The molecule has 0 saturated carbocycles. The summed E-state index contributed by atoms with van der Waals surface area (Å²) in [4.78, 5) is 36.0. The van der Waals surface area contributed by atoms with E-state index in [4.69, 9.17) is 23.2 Å². The Morgan fingerprint density at radius 1 is 1.12 bits per heavy atom. The molecular formula is C30H26Cl2FN3O3S. The molecule has 0 bridgehead atoms. The van der Waals surface area contributed by atoms with Crippen LogP contribution in [0.1, 0.15) is 30.0 Å². The Balaban J connectivity index is 1.53. The number of likely N-dealkylation sites (tertiary alicyclic amines) is 2. The molecule has 0 aliphatic carbocycles. The Hall–Kier alpha value is -3.04. The lowest BCUT2D eigenvalue weighted by Gasteiger charge is -2.38. The summed E-state index contributed by atoms with van der Waals surface area (Å²) in [5.74, 6) is -0.999. The van der Waals surface area contributed by atoms with Crippen molar-refractivity contribution in [3.63, 3.8) is 0 Å². The van der Waals surface area contributed by atoms with E-state index in [1.165, 1.54) is 23.9 Å². The summed E-state index contributed by atoms with van der Waals surface area (Å²) in [6.07, 6.45) is 1.64. The number of aliphatic hydroxyl groups excluding tert-OH is 1. The number of nitrogens with zero attached hydrogens (tertiary/aromatic N) is 2. The zero-order valence-corrected chi connectivity index (χ0v) is 23.6. The molecule has 0 radical (unpaired) electrons. The quantitative estimate of drug-likeness (QED) is 0.277. The maximum Gasteiger partial charge on any atom is 0.242 e. The number of nitrogens with one attached hydrogen (secondary N) is 1. The Morgan fingerprint density at radius 3 is 2.65 bits per heavy atom. The fraction of sp³-hybridized carbons (Fsp3) is 0.267. The monoisotopic (exact) mass is 597 g/mol. The molecule has 2 aliphatic rings. The van der Waals surface area contributed by atoms with E-state index in [0.717, 1.165) is 21.4 Å². The maximum atomic E-state index is 14.6. The van der Waals surface area contributed by atoms with Gasteiger partial charge in [-0.1, -0.05) is 53.5 Å². The number of carbonyl (C=O) groups excluding carboxylic acids is 2. The second kappa shape index (κ2) is 10.7. The van der Waals surface area contributed by atoms with Crippen molar-refractivity contribution in [3.8, 4) is 0 Å². The highest BCUT2D eigenvalue weighted by Crippen LogP contribution is 2.55. The molecule has 3 heterocycles. The highest BCUT2D eigenvalue weighted by atomic mass is 35.5. The first-order chi connectivity index (χ1) is 19.2. The molecule has 6 nitrogen and oxygen atoms in total. The molecule has 3 atom stereocenters. The first kappa shape index (κ1) is 27.1. The number of H-pyrrole nitrogens is 1. The number of aliphatic hydroxyl groups is 1. The van der Waals surface area contributed by atoms with E-state index in [2.05, 4.69) is 4.98 Å². The summed E-state index contributed by atoms with van der Waals surface area (Å²) in [5, 5.41) is 11.7. The van der Waals surface area contributed by atoms with Crippen LogP contribution in [0.3, 0.4) is 0 Å². The van der Waals surface area contributed by atoms with E-state index in [1.807, 2.05) is 42.6 Å². The van der Waals surface area contributed by atoms with Gasteiger partial charge < -0.3 is 19.9 Å². The highest BCUT2D eigenvalue weighted by molar-refractivity contribution is 8.01. The molecule has 2 saturated heterocycles. The molecule has 0 spiro atoms. The maximum absolute atomic E-state index is 14.6. The van der Waals surface area contributed by atoms with Gasteiger partial charge in [-0.25, -0.2) is 4.39 Å². The standard InChI is InChI=1S/C30H26Cl2FN3O3S/c31-19-7-8-22-23(15-34-26(22)13-19)28-30(40-21-4-2-1-3-5-21,29(39)35-11-10-20(37)17-35)14-27(38)36(28)16-18-6-9-24(32)25(33)12-18/h1-9,12-13,15,20,28,34,37H,10-11,14,16-17H2. The van der Waals surface area contributed by atoms with Gasteiger partial charge in [0.05, 0.1) is 23.6 Å². The average Bonchev–Trinajstić information content (AvgIpc) is 3.62. The third-order valence-electron chi connectivity index (χ3n) is 7.65.